The van der Waals surface area contributed by atoms with E-state index in [2.05, 4.69) is 31.4 Å². The van der Waals surface area contributed by atoms with Gasteiger partial charge < -0.3 is 25.2 Å². The number of aliphatic hydroxyl groups is 1. The summed E-state index contributed by atoms with van der Waals surface area (Å²) in [5.74, 6) is -1.76. The molecule has 1 unspecified atom stereocenters. The zero-order valence-corrected chi connectivity index (χ0v) is 17.7. The van der Waals surface area contributed by atoms with Crippen molar-refractivity contribution in [2.75, 3.05) is 13.2 Å². The lowest BCUT2D eigenvalue weighted by molar-refractivity contribution is -0.201. The largest absolute Gasteiger partial charge is 0.389 e. The summed E-state index contributed by atoms with van der Waals surface area (Å²) < 4.78 is 38.6. The van der Waals surface area contributed by atoms with Crippen LogP contribution < -0.4 is 10.6 Å². The Morgan fingerprint density at radius 2 is 1.97 bits per heavy atom. The predicted octanol–water partition coefficient (Wildman–Crippen LogP) is 2.14. The van der Waals surface area contributed by atoms with Crippen LogP contribution >= 0.6 is 0 Å². The van der Waals surface area contributed by atoms with E-state index in [4.69, 9.17) is 9.47 Å². The number of carbonyl (C=O) groups is 1. The molecule has 8 heteroatoms. The standard InChI is InChI=1S/C21H32F2N2O4/c1-12-20(29-11-21(3,4)5)28-10-18(24-12)19(27)17(25-13(2)26)8-14-6-15(22)9-16(23)7-14/h6-7,9,12,17-20,24,27H,8,10-11H2,1-5H3,(H,25,26)/t12-,17+,18?,19-,20-/m0/s1. The third-order valence-electron chi connectivity index (χ3n) is 4.60. The van der Waals surface area contributed by atoms with Crippen LogP contribution in [0.2, 0.25) is 0 Å². The number of amides is 1. The fraction of sp³-hybridized carbons (Fsp3) is 0.667. The normalized spacial score (nSPS) is 24.8. The van der Waals surface area contributed by atoms with Gasteiger partial charge in [-0.2, -0.15) is 0 Å². The number of carbonyl (C=O) groups excluding carboxylic acids is 1. The number of ether oxygens (including phenoxy) is 2. The lowest BCUT2D eigenvalue weighted by Gasteiger charge is -2.40. The van der Waals surface area contributed by atoms with E-state index < -0.39 is 36.1 Å². The van der Waals surface area contributed by atoms with Crippen LogP contribution in [0.5, 0.6) is 0 Å². The molecule has 5 atom stereocenters. The Morgan fingerprint density at radius 3 is 2.48 bits per heavy atom. The first-order valence-corrected chi connectivity index (χ1v) is 9.84. The molecule has 1 aromatic rings. The maximum Gasteiger partial charge on any atom is 0.217 e. The fourth-order valence-corrected chi connectivity index (χ4v) is 3.31. The molecule has 0 radical (unpaired) electrons. The van der Waals surface area contributed by atoms with Crippen molar-refractivity contribution in [2.24, 2.45) is 5.41 Å². The minimum absolute atomic E-state index is 0.00379. The number of nitrogens with one attached hydrogen (secondary N) is 2. The molecule has 0 aromatic heterocycles. The maximum atomic E-state index is 13.5. The summed E-state index contributed by atoms with van der Waals surface area (Å²) in [4.78, 5) is 11.6. The monoisotopic (exact) mass is 414 g/mol. The van der Waals surface area contributed by atoms with E-state index in [9.17, 15) is 18.7 Å². The molecule has 1 heterocycles. The van der Waals surface area contributed by atoms with Crippen molar-refractivity contribution in [1.82, 2.24) is 10.6 Å². The van der Waals surface area contributed by atoms with Crippen molar-refractivity contribution in [3.63, 3.8) is 0 Å². The first-order valence-electron chi connectivity index (χ1n) is 9.84. The van der Waals surface area contributed by atoms with E-state index in [1.807, 2.05) is 6.92 Å². The Morgan fingerprint density at radius 1 is 1.34 bits per heavy atom. The SMILES string of the molecule is CC(=O)N[C@H](Cc1cc(F)cc(F)c1)[C@H](O)C1CO[C@@H](OCC(C)(C)C)[C@H](C)N1. The summed E-state index contributed by atoms with van der Waals surface area (Å²) in [5, 5.41) is 16.8. The Hall–Kier alpha value is -1.61. The molecule has 0 saturated carbocycles. The van der Waals surface area contributed by atoms with Crippen LogP contribution in [-0.2, 0) is 20.7 Å². The smallest absolute Gasteiger partial charge is 0.217 e. The van der Waals surface area contributed by atoms with Gasteiger partial charge >= 0.3 is 0 Å². The average Bonchev–Trinajstić information content (AvgIpc) is 2.57. The Kier molecular flexibility index (Phi) is 8.10. The highest BCUT2D eigenvalue weighted by Gasteiger charge is 2.36. The summed E-state index contributed by atoms with van der Waals surface area (Å²) in [7, 11) is 0. The van der Waals surface area contributed by atoms with Gasteiger partial charge in [-0.25, -0.2) is 8.78 Å². The number of hydrogen-bond donors (Lipinski definition) is 3. The molecule has 3 N–H and O–H groups in total. The van der Waals surface area contributed by atoms with Crippen LogP contribution in [0.25, 0.3) is 0 Å². The summed E-state index contributed by atoms with van der Waals surface area (Å²) in [6.07, 6.45) is -1.41. The van der Waals surface area contributed by atoms with Gasteiger partial charge in [-0.15, -0.1) is 0 Å². The third-order valence-corrected chi connectivity index (χ3v) is 4.60. The predicted molar refractivity (Wildman–Crippen MR) is 105 cm³/mol. The number of aliphatic hydroxyl groups excluding tert-OH is 1. The summed E-state index contributed by atoms with van der Waals surface area (Å²) >= 11 is 0. The van der Waals surface area contributed by atoms with Gasteiger partial charge in [0.25, 0.3) is 0 Å². The number of hydrogen-bond acceptors (Lipinski definition) is 5. The van der Waals surface area contributed by atoms with Gasteiger partial charge in [-0.3, -0.25) is 4.79 Å². The second-order valence-corrected chi connectivity index (χ2v) is 8.91. The lowest BCUT2D eigenvalue weighted by Crippen LogP contribution is -2.62. The molecule has 0 aliphatic carbocycles. The highest BCUT2D eigenvalue weighted by Crippen LogP contribution is 2.20. The molecular weight excluding hydrogens is 382 g/mol. The van der Waals surface area contributed by atoms with Gasteiger partial charge in [0.1, 0.15) is 11.6 Å². The first-order chi connectivity index (χ1) is 13.4. The zero-order valence-electron chi connectivity index (χ0n) is 17.7. The van der Waals surface area contributed by atoms with Gasteiger partial charge in [-0.1, -0.05) is 20.8 Å². The van der Waals surface area contributed by atoms with Gasteiger partial charge in [0.15, 0.2) is 6.29 Å². The van der Waals surface area contributed by atoms with Crippen LogP contribution in [0.1, 0.15) is 40.2 Å². The molecule has 6 nitrogen and oxygen atoms in total. The van der Waals surface area contributed by atoms with E-state index in [-0.39, 0.29) is 30.4 Å². The second-order valence-electron chi connectivity index (χ2n) is 8.91. The molecular formula is C21H32F2N2O4. The summed E-state index contributed by atoms with van der Waals surface area (Å²) in [6.45, 7) is 10.1. The van der Waals surface area contributed by atoms with Crippen LogP contribution in [0.15, 0.2) is 18.2 Å². The molecule has 2 rings (SSSR count). The van der Waals surface area contributed by atoms with Crippen LogP contribution in [0.4, 0.5) is 8.78 Å². The van der Waals surface area contributed by atoms with E-state index in [0.717, 1.165) is 6.07 Å². The third kappa shape index (κ3) is 7.62. The number of rotatable bonds is 7. The van der Waals surface area contributed by atoms with E-state index >= 15 is 0 Å². The number of halogens is 2. The van der Waals surface area contributed by atoms with Gasteiger partial charge in [0.05, 0.1) is 37.4 Å². The van der Waals surface area contributed by atoms with Crippen molar-refractivity contribution in [3.05, 3.63) is 35.4 Å². The summed E-state index contributed by atoms with van der Waals surface area (Å²) in [5.41, 5.74) is 0.340. The van der Waals surface area contributed by atoms with Crippen LogP contribution in [0, 0.1) is 17.0 Å². The van der Waals surface area contributed by atoms with Crippen molar-refractivity contribution in [2.45, 2.75) is 71.6 Å². The minimum atomic E-state index is -1.03. The van der Waals surface area contributed by atoms with Gasteiger partial charge in [0, 0.05) is 13.0 Å². The highest BCUT2D eigenvalue weighted by atomic mass is 19.1. The highest BCUT2D eigenvalue weighted by molar-refractivity contribution is 5.73. The molecule has 1 aromatic carbocycles. The van der Waals surface area contributed by atoms with Crippen molar-refractivity contribution < 1.29 is 28.2 Å². The van der Waals surface area contributed by atoms with Crippen LogP contribution in [0.3, 0.4) is 0 Å². The van der Waals surface area contributed by atoms with Crippen LogP contribution in [-0.4, -0.2) is 54.7 Å². The Balaban J connectivity index is 2.03. The van der Waals surface area contributed by atoms with E-state index in [1.165, 1.54) is 19.1 Å². The minimum Gasteiger partial charge on any atom is -0.389 e. The molecule has 0 bridgehead atoms. The molecule has 0 spiro atoms. The molecule has 1 amide bonds. The zero-order chi connectivity index (χ0) is 21.8. The molecule has 1 aliphatic heterocycles. The second kappa shape index (κ2) is 9.93. The maximum absolute atomic E-state index is 13.5. The van der Waals surface area contributed by atoms with Crippen molar-refractivity contribution >= 4 is 5.91 Å². The molecule has 29 heavy (non-hydrogen) atoms. The Bertz CT molecular complexity index is 675. The van der Waals surface area contributed by atoms with Gasteiger partial charge in [-0.05, 0) is 36.5 Å². The fourth-order valence-electron chi connectivity index (χ4n) is 3.31. The number of morpholine rings is 1. The van der Waals surface area contributed by atoms with Crippen molar-refractivity contribution in [3.8, 4) is 0 Å². The molecule has 1 saturated heterocycles. The van der Waals surface area contributed by atoms with Gasteiger partial charge in [0.2, 0.25) is 5.91 Å². The van der Waals surface area contributed by atoms with E-state index in [1.54, 1.807) is 0 Å². The average molecular weight is 414 g/mol. The quantitative estimate of drug-likeness (QED) is 0.637. The Labute approximate surface area is 171 Å². The van der Waals surface area contributed by atoms with Crippen molar-refractivity contribution in [1.29, 1.82) is 0 Å². The molecule has 164 valence electrons. The molecule has 1 aliphatic rings. The number of benzene rings is 1. The summed E-state index contributed by atoms with van der Waals surface area (Å²) in [6, 6.07) is 1.76. The molecule has 1 fully saturated rings. The first kappa shape index (κ1) is 23.7. The van der Waals surface area contributed by atoms with E-state index in [0.29, 0.717) is 12.2 Å². The lowest BCUT2D eigenvalue weighted by atomic mass is 9.95. The topological polar surface area (TPSA) is 79.8 Å².